The number of ether oxygens (including phenoxy) is 3. The number of nitrogens with one attached hydrogen (secondary N) is 1. The number of nitrogens with zero attached hydrogens (tertiary/aromatic N) is 7. The molecule has 35 heavy (non-hydrogen) atoms. The average Bonchev–Trinajstić information content (AvgIpc) is 3.36. The summed E-state index contributed by atoms with van der Waals surface area (Å²) in [6.07, 6.45) is 4.66. The second-order valence-corrected chi connectivity index (χ2v) is 8.08. The lowest BCUT2D eigenvalue weighted by atomic mass is 10.1. The lowest BCUT2D eigenvalue weighted by molar-refractivity contribution is -0.151. The number of piperidine rings is 1. The van der Waals surface area contributed by atoms with Gasteiger partial charge in [0.25, 0.3) is 5.88 Å². The third-order valence-electron chi connectivity index (χ3n) is 5.17. The monoisotopic (exact) mass is 484 g/mol. The summed E-state index contributed by atoms with van der Waals surface area (Å²) in [5.41, 5.74) is 1.49. The Bertz CT molecular complexity index is 1130. The minimum atomic E-state index is -0.702. The van der Waals surface area contributed by atoms with Crippen molar-refractivity contribution in [2.24, 2.45) is 0 Å². The maximum Gasteiger partial charge on any atom is 0.528 e. The van der Waals surface area contributed by atoms with Gasteiger partial charge >= 0.3 is 6.16 Å². The lowest BCUT2D eigenvalue weighted by Gasteiger charge is -2.30. The van der Waals surface area contributed by atoms with Gasteiger partial charge in [0.2, 0.25) is 5.75 Å². The second-order valence-electron chi connectivity index (χ2n) is 8.08. The van der Waals surface area contributed by atoms with Crippen LogP contribution in [0, 0.1) is 6.92 Å². The summed E-state index contributed by atoms with van der Waals surface area (Å²) in [5.74, 6) is 1.81. The molecule has 3 aromatic heterocycles. The second kappa shape index (κ2) is 11.0. The molecule has 1 aliphatic rings. The van der Waals surface area contributed by atoms with Crippen molar-refractivity contribution >= 4 is 17.7 Å². The molecule has 0 amide bonds. The minimum Gasteiger partial charge on any atom is -0.489 e. The Hall–Kier alpha value is -4.00. The highest BCUT2D eigenvalue weighted by molar-refractivity contribution is 5.66. The molecule has 186 valence electrons. The van der Waals surface area contributed by atoms with E-state index in [4.69, 9.17) is 19.0 Å². The van der Waals surface area contributed by atoms with Crippen LogP contribution in [0.15, 0.2) is 31.1 Å². The van der Waals surface area contributed by atoms with Crippen molar-refractivity contribution in [2.75, 3.05) is 25.5 Å². The smallest absolute Gasteiger partial charge is 0.489 e. The van der Waals surface area contributed by atoms with Crippen molar-refractivity contribution in [1.29, 1.82) is 0 Å². The third kappa shape index (κ3) is 6.12. The number of hydroxylamine groups is 2. The number of carbonyl (C=O) groups excluding carboxylic acids is 1. The first-order valence-electron chi connectivity index (χ1n) is 11.2. The Kier molecular flexibility index (Phi) is 7.55. The van der Waals surface area contributed by atoms with Gasteiger partial charge in [-0.05, 0) is 32.9 Å². The summed E-state index contributed by atoms with van der Waals surface area (Å²) >= 11 is 0. The number of carbonyl (C=O) groups is 1. The Morgan fingerprint density at radius 1 is 1.17 bits per heavy atom. The van der Waals surface area contributed by atoms with Gasteiger partial charge in [-0.1, -0.05) is 0 Å². The molecule has 0 aromatic carbocycles. The van der Waals surface area contributed by atoms with Crippen molar-refractivity contribution in [2.45, 2.75) is 45.8 Å². The Balaban J connectivity index is 1.40. The summed E-state index contributed by atoms with van der Waals surface area (Å²) in [4.78, 5) is 34.0. The van der Waals surface area contributed by atoms with Crippen LogP contribution in [0.4, 0.5) is 16.3 Å². The number of aromatic nitrogens is 6. The van der Waals surface area contributed by atoms with Crippen molar-refractivity contribution in [3.05, 3.63) is 36.8 Å². The molecule has 0 saturated carbocycles. The van der Waals surface area contributed by atoms with Gasteiger partial charge < -0.3 is 24.4 Å². The summed E-state index contributed by atoms with van der Waals surface area (Å²) in [5, 5.41) is 8.92. The SMILES string of the molecule is COc1c(Nc2ccc(-n3cncn3)nc2C)ncnc1OC1CCN(OC(=O)OC(C)C)CC1. The van der Waals surface area contributed by atoms with E-state index in [9.17, 15) is 4.79 Å². The number of hydrogen-bond acceptors (Lipinski definition) is 12. The van der Waals surface area contributed by atoms with Crippen LogP contribution in [0.25, 0.3) is 5.82 Å². The number of hydrogen-bond donors (Lipinski definition) is 1. The molecule has 1 fully saturated rings. The van der Waals surface area contributed by atoms with Gasteiger partial charge in [-0.2, -0.15) is 10.1 Å². The fraction of sp³-hybridized carbons (Fsp3) is 0.455. The number of anilines is 2. The molecule has 0 atom stereocenters. The zero-order chi connectivity index (χ0) is 24.8. The topological polar surface area (TPSA) is 139 Å². The Morgan fingerprint density at radius 2 is 1.97 bits per heavy atom. The summed E-state index contributed by atoms with van der Waals surface area (Å²) in [6, 6.07) is 3.70. The largest absolute Gasteiger partial charge is 0.528 e. The molecular formula is C22H28N8O5. The van der Waals surface area contributed by atoms with Gasteiger partial charge in [0.05, 0.1) is 24.6 Å². The fourth-order valence-electron chi connectivity index (χ4n) is 3.49. The molecule has 13 nitrogen and oxygen atoms in total. The molecule has 1 N–H and O–H groups in total. The van der Waals surface area contributed by atoms with Crippen LogP contribution < -0.4 is 14.8 Å². The quantitative estimate of drug-likeness (QED) is 0.470. The van der Waals surface area contributed by atoms with E-state index < -0.39 is 6.16 Å². The van der Waals surface area contributed by atoms with E-state index in [2.05, 4.69) is 30.4 Å². The third-order valence-corrected chi connectivity index (χ3v) is 5.17. The molecule has 0 bridgehead atoms. The maximum absolute atomic E-state index is 11.7. The predicted octanol–water partition coefficient (Wildman–Crippen LogP) is 2.83. The van der Waals surface area contributed by atoms with Crippen LogP contribution in [0.3, 0.4) is 0 Å². The number of aryl methyl sites for hydroxylation is 1. The highest BCUT2D eigenvalue weighted by Gasteiger charge is 2.26. The predicted molar refractivity (Wildman–Crippen MR) is 124 cm³/mol. The lowest BCUT2D eigenvalue weighted by Crippen LogP contribution is -2.40. The van der Waals surface area contributed by atoms with E-state index in [0.29, 0.717) is 49.2 Å². The molecule has 4 heterocycles. The van der Waals surface area contributed by atoms with Crippen LogP contribution in [-0.4, -0.2) is 73.3 Å². The first kappa shape index (κ1) is 24.1. The van der Waals surface area contributed by atoms with Crippen molar-refractivity contribution in [1.82, 2.24) is 34.8 Å². The van der Waals surface area contributed by atoms with Crippen LogP contribution in [0.5, 0.6) is 11.6 Å². The van der Waals surface area contributed by atoms with Crippen molar-refractivity contribution in [3.8, 4) is 17.4 Å². The van der Waals surface area contributed by atoms with E-state index in [1.54, 1.807) is 29.9 Å². The zero-order valence-corrected chi connectivity index (χ0v) is 20.0. The first-order chi connectivity index (χ1) is 16.9. The number of rotatable bonds is 8. The van der Waals surface area contributed by atoms with Gasteiger partial charge in [-0.25, -0.2) is 24.4 Å². The molecule has 1 saturated heterocycles. The standard InChI is InChI=1S/C22H28N8O5/c1-14(2)33-22(31)35-29-9-7-16(8-10-29)34-21-19(32-4)20(24-12-25-21)28-17-5-6-18(27-15(17)3)30-13-23-11-26-30/h5-6,11-14,16H,7-10H2,1-4H3,(H,24,25,28). The Labute approximate surface area is 202 Å². The van der Waals surface area contributed by atoms with E-state index in [-0.39, 0.29) is 12.2 Å². The first-order valence-corrected chi connectivity index (χ1v) is 11.2. The summed E-state index contributed by atoms with van der Waals surface area (Å²) < 4.78 is 18.3. The van der Waals surface area contributed by atoms with E-state index >= 15 is 0 Å². The highest BCUT2D eigenvalue weighted by atomic mass is 16.8. The van der Waals surface area contributed by atoms with E-state index in [1.165, 1.54) is 19.8 Å². The average molecular weight is 485 g/mol. The van der Waals surface area contributed by atoms with Crippen molar-refractivity contribution in [3.63, 3.8) is 0 Å². The molecule has 0 unspecified atom stereocenters. The molecule has 13 heteroatoms. The maximum atomic E-state index is 11.7. The highest BCUT2D eigenvalue weighted by Crippen LogP contribution is 2.35. The molecule has 0 spiro atoms. The van der Waals surface area contributed by atoms with Crippen LogP contribution >= 0.6 is 0 Å². The van der Waals surface area contributed by atoms with Crippen LogP contribution in [0.2, 0.25) is 0 Å². The molecule has 1 aliphatic heterocycles. The normalized spacial score (nSPS) is 14.5. The van der Waals surface area contributed by atoms with Crippen LogP contribution in [-0.2, 0) is 9.57 Å². The fourth-order valence-corrected chi connectivity index (χ4v) is 3.49. The van der Waals surface area contributed by atoms with Crippen LogP contribution in [0.1, 0.15) is 32.4 Å². The molecule has 0 aliphatic carbocycles. The summed E-state index contributed by atoms with van der Waals surface area (Å²) in [7, 11) is 1.53. The van der Waals surface area contributed by atoms with Gasteiger partial charge in [-0.3, -0.25) is 0 Å². The van der Waals surface area contributed by atoms with Gasteiger partial charge in [0, 0.05) is 25.9 Å². The van der Waals surface area contributed by atoms with Gasteiger partial charge in [0.1, 0.15) is 25.1 Å². The van der Waals surface area contributed by atoms with E-state index in [0.717, 1.165) is 11.4 Å². The van der Waals surface area contributed by atoms with Gasteiger partial charge in [0.15, 0.2) is 11.6 Å². The number of pyridine rings is 1. The zero-order valence-electron chi connectivity index (χ0n) is 20.0. The van der Waals surface area contributed by atoms with Gasteiger partial charge in [-0.15, -0.1) is 5.06 Å². The molecule has 4 rings (SSSR count). The van der Waals surface area contributed by atoms with E-state index in [1.807, 2.05) is 19.1 Å². The summed E-state index contributed by atoms with van der Waals surface area (Å²) in [6.45, 7) is 6.44. The molecular weight excluding hydrogens is 456 g/mol. The Morgan fingerprint density at radius 3 is 2.63 bits per heavy atom. The molecule has 0 radical (unpaired) electrons. The molecule has 3 aromatic rings. The van der Waals surface area contributed by atoms with Crippen molar-refractivity contribution < 1.29 is 23.8 Å². The minimum absolute atomic E-state index is 0.127. The number of methoxy groups -OCH3 is 1.